The summed E-state index contributed by atoms with van der Waals surface area (Å²) in [6.07, 6.45) is 28.4. The van der Waals surface area contributed by atoms with E-state index in [1.165, 1.54) is 70.6 Å². The van der Waals surface area contributed by atoms with Gasteiger partial charge in [0.05, 0.1) is 0 Å². The average molecular weight is 663 g/mol. The van der Waals surface area contributed by atoms with Crippen molar-refractivity contribution in [2.24, 2.45) is 39.4 Å². The molecule has 0 aromatic rings. The molecular formula is C46H71BN2. The third-order valence-corrected chi connectivity index (χ3v) is 16.3. The fourth-order valence-electron chi connectivity index (χ4n) is 13.5. The molecule has 8 rings (SSSR count). The van der Waals surface area contributed by atoms with Gasteiger partial charge in [-0.2, -0.15) is 0 Å². The normalized spacial score (nSPS) is 38.5. The van der Waals surface area contributed by atoms with E-state index in [1.54, 1.807) is 17.0 Å². The Labute approximate surface area is 302 Å². The smallest absolute Gasteiger partial charge is 0.189 e. The Kier molecular flexibility index (Phi) is 7.95. The van der Waals surface area contributed by atoms with Crippen LogP contribution in [0.15, 0.2) is 58.4 Å². The van der Waals surface area contributed by atoms with Gasteiger partial charge in [-0.1, -0.05) is 130 Å². The number of fused-ring (bicyclic) bond motifs is 5. The maximum absolute atomic E-state index is 3.20. The average Bonchev–Trinajstić information content (AvgIpc) is 3.20. The van der Waals surface area contributed by atoms with E-state index < -0.39 is 0 Å². The lowest BCUT2D eigenvalue weighted by atomic mass is 9.22. The molecule has 2 saturated heterocycles. The van der Waals surface area contributed by atoms with Crippen molar-refractivity contribution in [2.75, 3.05) is 0 Å². The van der Waals surface area contributed by atoms with Crippen molar-refractivity contribution in [1.82, 2.24) is 9.80 Å². The summed E-state index contributed by atoms with van der Waals surface area (Å²) in [7, 11) is 0. The first-order valence-corrected chi connectivity index (χ1v) is 21.0. The summed E-state index contributed by atoms with van der Waals surface area (Å²) in [6, 6.07) is 1.78. The van der Waals surface area contributed by atoms with Crippen LogP contribution >= 0.6 is 0 Å². The molecule has 5 aliphatic carbocycles. The SMILES string of the molecule is CC1CC2=C3B(C4C=CC=C5C4N(C3C1)C(C)(C)C51CCCCC1)C1CC(C(C)(C)C)CCC1N2C1=CC(C(C)(C)C)CC(C(C)(C)C)=C1. The highest BCUT2D eigenvalue weighted by Gasteiger charge is 2.69. The van der Waals surface area contributed by atoms with Crippen LogP contribution in [0.3, 0.4) is 0 Å². The Morgan fingerprint density at radius 3 is 2.22 bits per heavy atom. The second-order valence-electron chi connectivity index (χ2n) is 22.3. The van der Waals surface area contributed by atoms with Crippen molar-refractivity contribution in [3.05, 3.63) is 58.4 Å². The maximum Gasteiger partial charge on any atom is 0.189 e. The molecule has 3 heterocycles. The van der Waals surface area contributed by atoms with Crippen LogP contribution in [0.4, 0.5) is 0 Å². The van der Waals surface area contributed by atoms with Gasteiger partial charge in [-0.05, 0) is 116 Å². The molecule has 2 nitrogen and oxygen atoms in total. The molecule has 8 aliphatic rings. The van der Waals surface area contributed by atoms with E-state index >= 15 is 0 Å². The highest BCUT2D eigenvalue weighted by atomic mass is 15.3. The summed E-state index contributed by atoms with van der Waals surface area (Å²) in [4.78, 5) is 6.27. The minimum atomic E-state index is 0.182. The van der Waals surface area contributed by atoms with Crippen LogP contribution in [-0.4, -0.2) is 40.2 Å². The summed E-state index contributed by atoms with van der Waals surface area (Å²) >= 11 is 0. The first-order valence-electron chi connectivity index (χ1n) is 21.0. The lowest BCUT2D eigenvalue weighted by Crippen LogP contribution is -2.67. The Balaban J connectivity index is 1.35. The third kappa shape index (κ3) is 5.10. The quantitative estimate of drug-likeness (QED) is 0.258. The highest BCUT2D eigenvalue weighted by molar-refractivity contribution is 6.72. The molecule has 0 amide bonds. The van der Waals surface area contributed by atoms with Crippen molar-refractivity contribution in [1.29, 1.82) is 0 Å². The molecule has 8 atom stereocenters. The molecule has 0 N–H and O–H groups in total. The molecule has 0 aromatic carbocycles. The molecule has 49 heavy (non-hydrogen) atoms. The number of hydrogen-bond donors (Lipinski definition) is 0. The Hall–Kier alpha value is -1.48. The molecule has 0 bridgehead atoms. The largest absolute Gasteiger partial charge is 0.343 e. The van der Waals surface area contributed by atoms with Crippen LogP contribution in [0.5, 0.6) is 0 Å². The van der Waals surface area contributed by atoms with Crippen molar-refractivity contribution < 1.29 is 0 Å². The summed E-state index contributed by atoms with van der Waals surface area (Å²) in [6.45, 7) is 31.2. The molecule has 0 aromatic heterocycles. The lowest BCUT2D eigenvalue weighted by molar-refractivity contribution is -0.000628. The van der Waals surface area contributed by atoms with E-state index in [9.17, 15) is 0 Å². The number of allylic oxidation sites excluding steroid dienone is 6. The zero-order valence-corrected chi connectivity index (χ0v) is 33.8. The van der Waals surface area contributed by atoms with Gasteiger partial charge < -0.3 is 4.90 Å². The molecule has 3 heteroatoms. The highest BCUT2D eigenvalue weighted by Crippen LogP contribution is 2.69. The van der Waals surface area contributed by atoms with Crippen molar-refractivity contribution in [3.63, 3.8) is 0 Å². The van der Waals surface area contributed by atoms with E-state index in [2.05, 4.69) is 123 Å². The van der Waals surface area contributed by atoms with Gasteiger partial charge in [-0.3, -0.25) is 4.90 Å². The summed E-state index contributed by atoms with van der Waals surface area (Å²) < 4.78 is 0. The Bertz CT molecular complexity index is 1510. The Morgan fingerprint density at radius 1 is 0.857 bits per heavy atom. The van der Waals surface area contributed by atoms with Gasteiger partial charge in [-0.15, -0.1) is 0 Å². The summed E-state index contributed by atoms with van der Waals surface area (Å²) in [5.74, 6) is 3.42. The van der Waals surface area contributed by atoms with E-state index in [0.717, 1.165) is 11.7 Å². The number of rotatable bonds is 1. The van der Waals surface area contributed by atoms with E-state index in [1.807, 2.05) is 11.0 Å². The van der Waals surface area contributed by atoms with E-state index in [-0.39, 0.29) is 16.4 Å². The predicted octanol–water partition coefficient (Wildman–Crippen LogP) is 12.2. The maximum atomic E-state index is 3.20. The molecule has 1 spiro atoms. The van der Waals surface area contributed by atoms with Crippen LogP contribution in [0.2, 0.25) is 11.6 Å². The molecule has 0 radical (unpaired) electrons. The van der Waals surface area contributed by atoms with Gasteiger partial charge in [0, 0.05) is 40.5 Å². The summed E-state index contributed by atoms with van der Waals surface area (Å²) in [5.41, 5.74) is 10.1. The number of hydrogen-bond acceptors (Lipinski definition) is 2. The Morgan fingerprint density at radius 2 is 1.57 bits per heavy atom. The van der Waals surface area contributed by atoms with Crippen LogP contribution < -0.4 is 0 Å². The lowest BCUT2D eigenvalue weighted by Gasteiger charge is -2.63. The molecule has 4 fully saturated rings. The molecule has 2 saturated carbocycles. The van der Waals surface area contributed by atoms with Gasteiger partial charge in [0.15, 0.2) is 6.71 Å². The van der Waals surface area contributed by atoms with Crippen molar-refractivity contribution >= 4 is 6.71 Å². The fourth-order valence-corrected chi connectivity index (χ4v) is 13.5. The van der Waals surface area contributed by atoms with Gasteiger partial charge in [-0.25, -0.2) is 0 Å². The second-order valence-corrected chi connectivity index (χ2v) is 22.3. The molecular weight excluding hydrogens is 591 g/mol. The fraction of sp³-hybridized carbons (Fsp3) is 0.783. The van der Waals surface area contributed by atoms with Crippen molar-refractivity contribution in [2.45, 2.75) is 189 Å². The third-order valence-electron chi connectivity index (χ3n) is 16.3. The first kappa shape index (κ1) is 34.6. The zero-order chi connectivity index (χ0) is 35.1. The number of nitrogens with zero attached hydrogens (tertiary/aromatic N) is 2. The van der Waals surface area contributed by atoms with E-state index in [0.29, 0.717) is 53.3 Å². The van der Waals surface area contributed by atoms with Crippen LogP contribution in [0.25, 0.3) is 0 Å². The van der Waals surface area contributed by atoms with Crippen LogP contribution in [0, 0.1) is 39.4 Å². The van der Waals surface area contributed by atoms with Crippen LogP contribution in [0.1, 0.15) is 154 Å². The summed E-state index contributed by atoms with van der Waals surface area (Å²) in [5, 5.41) is 0. The van der Waals surface area contributed by atoms with Gasteiger partial charge in [0.2, 0.25) is 0 Å². The first-order chi connectivity index (χ1) is 22.8. The molecule has 8 unspecified atom stereocenters. The monoisotopic (exact) mass is 663 g/mol. The minimum absolute atomic E-state index is 0.182. The van der Waals surface area contributed by atoms with Gasteiger partial charge in [0.1, 0.15) is 0 Å². The van der Waals surface area contributed by atoms with Crippen LogP contribution in [-0.2, 0) is 0 Å². The molecule has 3 aliphatic heterocycles. The van der Waals surface area contributed by atoms with Gasteiger partial charge in [0.25, 0.3) is 0 Å². The predicted molar refractivity (Wildman–Crippen MR) is 211 cm³/mol. The topological polar surface area (TPSA) is 6.48 Å². The second kappa shape index (κ2) is 11.3. The van der Waals surface area contributed by atoms with E-state index in [4.69, 9.17) is 0 Å². The standard InChI is InChI=1S/C46H71BN2/c1-29-23-38-40-39(24-29)49-41-34(46(45(49,11)12)21-14-13-15-22-46)17-16-18-35(41)47(40)36-28-30(42(2,3)4)19-20-37(36)48(38)33-26-31(43(5,6)7)25-32(27-33)44(8,9)10/h16-18,26-27,29-31,35-37,39,41H,13-15,19-25,28H2,1-12H3. The molecule has 268 valence electrons. The van der Waals surface area contributed by atoms with Crippen molar-refractivity contribution in [3.8, 4) is 0 Å². The van der Waals surface area contributed by atoms with Gasteiger partial charge >= 0.3 is 0 Å². The zero-order valence-electron chi connectivity index (χ0n) is 33.8. The minimum Gasteiger partial charge on any atom is -0.343 e.